The van der Waals surface area contributed by atoms with Crippen molar-refractivity contribution in [2.45, 2.75) is 39.8 Å². The lowest BCUT2D eigenvalue weighted by atomic mass is 9.93. The molecule has 0 bridgehead atoms. The topological polar surface area (TPSA) is 43.4 Å². The van der Waals surface area contributed by atoms with Gasteiger partial charge in [-0.25, -0.2) is 0 Å². The maximum absolute atomic E-state index is 5.81. The van der Waals surface area contributed by atoms with Gasteiger partial charge in [-0.2, -0.15) is 0 Å². The van der Waals surface area contributed by atoms with E-state index in [1.54, 1.807) is 7.11 Å². The second kappa shape index (κ2) is 7.04. The number of hydrogen-bond donors (Lipinski definition) is 1. The number of ether oxygens (including phenoxy) is 2. The van der Waals surface area contributed by atoms with E-state index in [1.807, 2.05) is 19.1 Å². The van der Waals surface area contributed by atoms with Crippen LogP contribution in [-0.2, 0) is 11.3 Å². The zero-order chi connectivity index (χ0) is 14.5. The van der Waals surface area contributed by atoms with Gasteiger partial charge in [0.25, 0.3) is 0 Å². The highest BCUT2D eigenvalue weighted by molar-refractivity contribution is 5.26. The van der Waals surface area contributed by atoms with E-state index in [-0.39, 0.29) is 0 Å². The van der Waals surface area contributed by atoms with E-state index >= 15 is 0 Å². The van der Waals surface area contributed by atoms with Crippen molar-refractivity contribution >= 4 is 0 Å². The van der Waals surface area contributed by atoms with Crippen LogP contribution in [0.2, 0.25) is 0 Å². The van der Waals surface area contributed by atoms with E-state index in [0.29, 0.717) is 17.9 Å². The maximum atomic E-state index is 5.81. The van der Waals surface area contributed by atoms with Crippen molar-refractivity contribution in [3.05, 3.63) is 23.5 Å². The fourth-order valence-electron chi connectivity index (χ4n) is 2.91. The summed E-state index contributed by atoms with van der Waals surface area (Å²) in [6.07, 6.45) is 1.54. The molecule has 0 saturated carbocycles. The van der Waals surface area contributed by atoms with E-state index < -0.39 is 0 Å². The van der Waals surface area contributed by atoms with Gasteiger partial charge in [0.05, 0.1) is 18.9 Å². The predicted octanol–water partition coefficient (Wildman–Crippen LogP) is 2.55. The molecule has 1 aromatic heterocycles. The third-order valence-corrected chi connectivity index (χ3v) is 3.85. The predicted molar refractivity (Wildman–Crippen MR) is 79.9 cm³/mol. The molecule has 0 amide bonds. The molecule has 0 aromatic carbocycles. The van der Waals surface area contributed by atoms with Crippen LogP contribution in [0.3, 0.4) is 0 Å². The standard InChI is InChI=1S/C16H26N2O2/c1-11(2)16-13(5-6-20-16)9-17-10-14-8-15(19-4)7-12(3)18-14/h7-8,11,13,16-17H,5-6,9-10H2,1-4H3/t13-,16-/m1/s1. The van der Waals surface area contributed by atoms with Crippen LogP contribution in [0.25, 0.3) is 0 Å². The molecule has 112 valence electrons. The quantitative estimate of drug-likeness (QED) is 0.868. The smallest absolute Gasteiger partial charge is 0.122 e. The van der Waals surface area contributed by atoms with Crippen LogP contribution in [0.15, 0.2) is 12.1 Å². The van der Waals surface area contributed by atoms with E-state index in [1.165, 1.54) is 0 Å². The normalized spacial score (nSPS) is 22.4. The lowest BCUT2D eigenvalue weighted by Gasteiger charge is -2.22. The minimum Gasteiger partial charge on any atom is -0.497 e. The monoisotopic (exact) mass is 278 g/mol. The molecule has 4 nitrogen and oxygen atoms in total. The van der Waals surface area contributed by atoms with Gasteiger partial charge >= 0.3 is 0 Å². The molecule has 2 rings (SSSR count). The van der Waals surface area contributed by atoms with Crippen LogP contribution < -0.4 is 10.1 Å². The number of hydrogen-bond acceptors (Lipinski definition) is 4. The molecular formula is C16H26N2O2. The van der Waals surface area contributed by atoms with Crippen molar-refractivity contribution < 1.29 is 9.47 Å². The molecule has 4 heteroatoms. The molecule has 1 N–H and O–H groups in total. The first-order valence-corrected chi connectivity index (χ1v) is 7.44. The molecule has 0 aliphatic carbocycles. The van der Waals surface area contributed by atoms with Gasteiger partial charge in [0.1, 0.15) is 5.75 Å². The first kappa shape index (κ1) is 15.3. The highest BCUT2D eigenvalue weighted by Crippen LogP contribution is 2.26. The van der Waals surface area contributed by atoms with Crippen molar-refractivity contribution in [2.75, 3.05) is 20.3 Å². The third-order valence-electron chi connectivity index (χ3n) is 3.85. The summed E-state index contributed by atoms with van der Waals surface area (Å²) in [4.78, 5) is 4.53. The molecule has 1 aromatic rings. The van der Waals surface area contributed by atoms with Crippen molar-refractivity contribution in [3.63, 3.8) is 0 Å². The fraction of sp³-hybridized carbons (Fsp3) is 0.688. The summed E-state index contributed by atoms with van der Waals surface area (Å²) in [5.74, 6) is 2.07. The third kappa shape index (κ3) is 3.93. The summed E-state index contributed by atoms with van der Waals surface area (Å²) < 4.78 is 11.1. The number of rotatable bonds is 6. The van der Waals surface area contributed by atoms with Gasteiger partial charge in [-0.05, 0) is 25.2 Å². The van der Waals surface area contributed by atoms with Crippen LogP contribution in [0, 0.1) is 18.8 Å². The Hall–Kier alpha value is -1.13. The number of aromatic nitrogens is 1. The summed E-state index contributed by atoms with van der Waals surface area (Å²) in [6.45, 7) is 9.11. The second-order valence-electron chi connectivity index (χ2n) is 5.90. The van der Waals surface area contributed by atoms with Gasteiger partial charge in [-0.3, -0.25) is 4.98 Å². The largest absolute Gasteiger partial charge is 0.497 e. The first-order chi connectivity index (χ1) is 9.60. The molecule has 0 unspecified atom stereocenters. The molecule has 1 saturated heterocycles. The first-order valence-electron chi connectivity index (χ1n) is 7.44. The van der Waals surface area contributed by atoms with Crippen LogP contribution in [0.1, 0.15) is 31.7 Å². The van der Waals surface area contributed by atoms with E-state index in [2.05, 4.69) is 24.1 Å². The van der Waals surface area contributed by atoms with Crippen molar-refractivity contribution in [3.8, 4) is 5.75 Å². The fourth-order valence-corrected chi connectivity index (χ4v) is 2.91. The minimum atomic E-state index is 0.391. The zero-order valence-corrected chi connectivity index (χ0v) is 13.0. The molecule has 1 aliphatic rings. The van der Waals surface area contributed by atoms with E-state index in [9.17, 15) is 0 Å². The minimum absolute atomic E-state index is 0.391. The Morgan fingerprint density at radius 1 is 1.45 bits per heavy atom. The SMILES string of the molecule is COc1cc(C)nc(CNC[C@H]2CCO[C@@H]2C(C)C)c1. The van der Waals surface area contributed by atoms with Crippen LogP contribution in [0.5, 0.6) is 5.75 Å². The lowest BCUT2D eigenvalue weighted by molar-refractivity contribution is 0.0539. The highest BCUT2D eigenvalue weighted by atomic mass is 16.5. The van der Waals surface area contributed by atoms with Crippen molar-refractivity contribution in [1.82, 2.24) is 10.3 Å². The molecular weight excluding hydrogens is 252 g/mol. The Balaban J connectivity index is 1.85. The number of pyridine rings is 1. The average molecular weight is 278 g/mol. The van der Waals surface area contributed by atoms with E-state index in [4.69, 9.17) is 9.47 Å². The zero-order valence-electron chi connectivity index (χ0n) is 13.0. The summed E-state index contributed by atoms with van der Waals surface area (Å²) in [5, 5.41) is 3.51. The highest BCUT2D eigenvalue weighted by Gasteiger charge is 2.30. The van der Waals surface area contributed by atoms with Gasteiger partial charge in [0, 0.05) is 37.5 Å². The molecule has 2 atom stereocenters. The molecule has 20 heavy (non-hydrogen) atoms. The van der Waals surface area contributed by atoms with Crippen LogP contribution >= 0.6 is 0 Å². The Morgan fingerprint density at radius 2 is 2.25 bits per heavy atom. The van der Waals surface area contributed by atoms with Gasteiger partial charge < -0.3 is 14.8 Å². The van der Waals surface area contributed by atoms with Gasteiger partial charge in [-0.1, -0.05) is 13.8 Å². The number of aryl methyl sites for hydroxylation is 1. The van der Waals surface area contributed by atoms with Crippen molar-refractivity contribution in [2.24, 2.45) is 11.8 Å². The molecule has 0 radical (unpaired) electrons. The lowest BCUT2D eigenvalue weighted by Crippen LogP contribution is -2.31. The maximum Gasteiger partial charge on any atom is 0.122 e. The Bertz CT molecular complexity index is 434. The van der Waals surface area contributed by atoms with Crippen LogP contribution in [-0.4, -0.2) is 31.3 Å². The average Bonchev–Trinajstić information content (AvgIpc) is 2.86. The van der Waals surface area contributed by atoms with Gasteiger partial charge in [-0.15, -0.1) is 0 Å². The second-order valence-corrected chi connectivity index (χ2v) is 5.90. The van der Waals surface area contributed by atoms with Crippen LogP contribution in [0.4, 0.5) is 0 Å². The molecule has 2 heterocycles. The van der Waals surface area contributed by atoms with Gasteiger partial charge in [0.15, 0.2) is 0 Å². The number of nitrogens with zero attached hydrogens (tertiary/aromatic N) is 1. The molecule has 0 spiro atoms. The molecule has 1 fully saturated rings. The summed E-state index contributed by atoms with van der Waals surface area (Å²) in [7, 11) is 1.69. The van der Waals surface area contributed by atoms with E-state index in [0.717, 1.165) is 43.3 Å². The van der Waals surface area contributed by atoms with Gasteiger partial charge in [0.2, 0.25) is 0 Å². The Morgan fingerprint density at radius 3 is 2.95 bits per heavy atom. The number of nitrogens with one attached hydrogen (secondary N) is 1. The summed E-state index contributed by atoms with van der Waals surface area (Å²) >= 11 is 0. The van der Waals surface area contributed by atoms with Crippen molar-refractivity contribution in [1.29, 1.82) is 0 Å². The molecule has 1 aliphatic heterocycles. The Labute approximate surface area is 121 Å². The Kier molecular flexibility index (Phi) is 5.38. The summed E-state index contributed by atoms with van der Waals surface area (Å²) in [5.41, 5.74) is 2.02. The summed E-state index contributed by atoms with van der Waals surface area (Å²) in [6, 6.07) is 3.94. The number of methoxy groups -OCH3 is 1.